The molecule has 4 aliphatic heterocycles. The number of ketones is 1. The summed E-state index contributed by atoms with van der Waals surface area (Å²) in [5.41, 5.74) is -2.67. The molecule has 0 spiro atoms. The quantitative estimate of drug-likeness (QED) is 0.0578. The number of carbonyl (C=O) groups excluding carboxylic acids is 3. The van der Waals surface area contributed by atoms with E-state index < -0.39 is 148 Å². The van der Waals surface area contributed by atoms with E-state index in [0.717, 1.165) is 25.1 Å². The zero-order valence-electron chi connectivity index (χ0n) is 40.2. The minimum Gasteiger partial charge on any atom is -0.507 e. The Morgan fingerprint density at radius 2 is 1.62 bits per heavy atom. The first kappa shape index (κ1) is 52.1. The first-order chi connectivity index (χ1) is 33.5. The summed E-state index contributed by atoms with van der Waals surface area (Å²) < 4.78 is 31.0. The summed E-state index contributed by atoms with van der Waals surface area (Å²) in [4.78, 5) is 63.1. The van der Waals surface area contributed by atoms with Crippen molar-refractivity contribution in [2.24, 2.45) is 28.8 Å². The number of amides is 1. The van der Waals surface area contributed by atoms with Crippen molar-refractivity contribution >= 4 is 51.5 Å². The number of aliphatic hydroxyl groups is 5. The number of phenols is 3. The van der Waals surface area contributed by atoms with Crippen molar-refractivity contribution in [3.63, 3.8) is 0 Å². The van der Waals surface area contributed by atoms with Crippen LogP contribution in [0.3, 0.4) is 0 Å². The van der Waals surface area contributed by atoms with Gasteiger partial charge in [-0.05, 0) is 19.9 Å². The molecule has 8 rings (SSSR count). The number of ether oxygens (including phenoxy) is 5. The molecule has 2 aromatic heterocycles. The van der Waals surface area contributed by atoms with Gasteiger partial charge in [-0.25, -0.2) is 9.97 Å². The maximum absolute atomic E-state index is 14.6. The fourth-order valence-corrected chi connectivity index (χ4v) is 9.27. The Hall–Kier alpha value is -6.73. The number of methoxy groups -OCH3 is 1. The van der Waals surface area contributed by atoms with E-state index in [9.17, 15) is 60.0 Å². The van der Waals surface area contributed by atoms with Crippen molar-refractivity contribution in [1.29, 1.82) is 0 Å². The molecule has 5 bridgehead atoms. The predicted octanol–water partition coefficient (Wildman–Crippen LogP) is 2.15. The molecule has 1 saturated heterocycles. The molecule has 13 atom stereocenters. The Kier molecular flexibility index (Phi) is 14.8. The zero-order chi connectivity index (χ0) is 52.1. The topological polar surface area (TPSA) is 336 Å². The predicted molar refractivity (Wildman–Crippen MR) is 252 cm³/mol. The van der Waals surface area contributed by atoms with Crippen LogP contribution in [0.4, 0.5) is 5.69 Å². The lowest BCUT2D eigenvalue weighted by atomic mass is 9.78. The average Bonchev–Trinajstić information content (AvgIpc) is 3.98. The Morgan fingerprint density at radius 3 is 2.27 bits per heavy atom. The third-order valence-electron chi connectivity index (χ3n) is 13.6. The maximum Gasteiger partial charge on any atom is 0.312 e. The van der Waals surface area contributed by atoms with E-state index in [1.165, 1.54) is 57.6 Å². The van der Waals surface area contributed by atoms with Gasteiger partial charge in [-0.2, -0.15) is 9.78 Å². The summed E-state index contributed by atoms with van der Waals surface area (Å²) in [6.45, 7) is 11.4. The number of aliphatic hydroxyl groups excluding tert-OH is 5. The van der Waals surface area contributed by atoms with Crippen LogP contribution in [0, 0.1) is 30.6 Å². The summed E-state index contributed by atoms with van der Waals surface area (Å²) in [5.74, 6) is -9.90. The van der Waals surface area contributed by atoms with E-state index >= 15 is 0 Å². The number of phenolic OH excluding ortho intramolecular Hbond substituents is 3. The van der Waals surface area contributed by atoms with Gasteiger partial charge in [0.1, 0.15) is 48.0 Å². The van der Waals surface area contributed by atoms with Gasteiger partial charge in [0.25, 0.3) is 11.7 Å². The van der Waals surface area contributed by atoms with E-state index in [-0.39, 0.29) is 33.6 Å². The number of nitrogens with one attached hydrogen (secondary N) is 1. The van der Waals surface area contributed by atoms with Crippen LogP contribution in [-0.4, -0.2) is 146 Å². The lowest BCUT2D eigenvalue weighted by Gasteiger charge is -2.38. The number of hydrogen-bond acceptors (Lipinski definition) is 20. The molecular formula is C48H58N6O17. The van der Waals surface area contributed by atoms with E-state index in [1.807, 2.05) is 0 Å². The molecule has 23 heteroatoms. The molecule has 382 valence electrons. The molecule has 23 nitrogen and oxygen atoms in total. The standard InChI is InChI=1S/C48H58N6O17/c1-19-11-10-12-20(2)45(65)52-32-26(15-51-54-18-50-44-33(46(54)66)49-17-53(44)47-40(63)38(61)28(16-55)70-47)37(60)29-30(39(32)62)36(59)24(6)42-31(29)43(64)48(8,71-42)68-14-13-27(67-9)21(3)41(69-25(7)56)23(5)35(58)22(4)34(19)57/h10-15,17-19,21-23,27-28,34-35,38,40-41,47,55,57-63H,16H2,1-9H3,(H,52,65). The van der Waals surface area contributed by atoms with Crippen molar-refractivity contribution in [3.05, 3.63) is 75.8 Å². The number of aromatic nitrogens is 4. The van der Waals surface area contributed by atoms with Crippen molar-refractivity contribution in [2.45, 2.75) is 110 Å². The average molecular weight is 991 g/mol. The molecule has 71 heavy (non-hydrogen) atoms. The first-order valence-corrected chi connectivity index (χ1v) is 22.7. The second-order valence-electron chi connectivity index (χ2n) is 18.3. The summed E-state index contributed by atoms with van der Waals surface area (Å²) in [5, 5.41) is 95.3. The van der Waals surface area contributed by atoms with Gasteiger partial charge in [0.15, 0.2) is 23.1 Å². The smallest absolute Gasteiger partial charge is 0.312 e. The number of Topliss-reactive ketones (excluding diaryl/α,β-unsaturated/α-hetero) is 1. The number of fused-ring (bicyclic) bond motifs is 15. The Morgan fingerprint density at radius 1 is 0.915 bits per heavy atom. The molecule has 4 aromatic rings. The lowest BCUT2D eigenvalue weighted by Crippen LogP contribution is -2.46. The fourth-order valence-electron chi connectivity index (χ4n) is 9.27. The molecule has 13 unspecified atom stereocenters. The van der Waals surface area contributed by atoms with Gasteiger partial charge in [0.2, 0.25) is 0 Å². The molecule has 6 heterocycles. The Labute approximate surface area is 405 Å². The maximum atomic E-state index is 14.6. The first-order valence-electron chi connectivity index (χ1n) is 22.7. The van der Waals surface area contributed by atoms with Crippen LogP contribution in [0.2, 0.25) is 0 Å². The summed E-state index contributed by atoms with van der Waals surface area (Å²) in [7, 11) is 1.39. The van der Waals surface area contributed by atoms with Crippen molar-refractivity contribution in [3.8, 4) is 23.0 Å². The van der Waals surface area contributed by atoms with Gasteiger partial charge < -0.3 is 69.9 Å². The van der Waals surface area contributed by atoms with E-state index in [2.05, 4.69) is 20.4 Å². The Bertz CT molecular complexity index is 2940. The lowest BCUT2D eigenvalue weighted by molar-refractivity contribution is -0.160. The second-order valence-corrected chi connectivity index (χ2v) is 18.3. The van der Waals surface area contributed by atoms with Crippen molar-refractivity contribution in [2.75, 3.05) is 19.0 Å². The Balaban J connectivity index is 1.38. The van der Waals surface area contributed by atoms with Crippen LogP contribution in [0.25, 0.3) is 21.9 Å². The summed E-state index contributed by atoms with van der Waals surface area (Å²) in [6, 6.07) is 0. The van der Waals surface area contributed by atoms with Crippen LogP contribution in [0.5, 0.6) is 23.0 Å². The number of benzene rings is 2. The van der Waals surface area contributed by atoms with Crippen LogP contribution < -0.4 is 15.6 Å². The van der Waals surface area contributed by atoms with Gasteiger partial charge in [-0.15, -0.1) is 0 Å². The highest BCUT2D eigenvalue weighted by Crippen LogP contribution is 2.55. The molecule has 2 aromatic carbocycles. The van der Waals surface area contributed by atoms with Crippen LogP contribution in [0.15, 0.2) is 58.7 Å². The number of imidazole rings is 1. The van der Waals surface area contributed by atoms with Crippen LogP contribution >= 0.6 is 0 Å². The number of nitrogens with zero attached hydrogens (tertiary/aromatic N) is 5. The normalized spacial score (nSPS) is 30.8. The van der Waals surface area contributed by atoms with Gasteiger partial charge in [-0.1, -0.05) is 45.9 Å². The van der Waals surface area contributed by atoms with Crippen molar-refractivity contribution < 1.29 is 78.9 Å². The number of carbonyl (C=O) groups is 3. The van der Waals surface area contributed by atoms with Crippen LogP contribution in [0.1, 0.15) is 76.2 Å². The number of rotatable bonds is 6. The molecular weight excluding hydrogens is 933 g/mol. The molecule has 0 aliphatic carbocycles. The number of aromatic hydroxyl groups is 3. The number of esters is 1. The SMILES string of the molecule is COC1C=COC2(C)Oc3c(C)c(O)c4c(O)c(c(C=Nn5cnc6c(ncn6C6OC(CO)C(O)C6O)c5=O)c(O)c4c3C2=O)NC(=O)C(C)=CC=CC(C)C(O)C(C)C(O)C(C)C(OC(C)=O)C1C. The minimum absolute atomic E-state index is 0.0291. The van der Waals surface area contributed by atoms with Crippen molar-refractivity contribution in [1.82, 2.24) is 19.2 Å². The van der Waals surface area contributed by atoms with Gasteiger partial charge in [0, 0.05) is 61.2 Å². The molecule has 9 N–H and O–H groups in total. The van der Waals surface area contributed by atoms with Crippen LogP contribution in [-0.2, 0) is 28.5 Å². The third-order valence-corrected chi connectivity index (χ3v) is 13.6. The molecule has 4 aliphatic rings. The highest BCUT2D eigenvalue weighted by Gasteiger charge is 2.50. The highest BCUT2D eigenvalue weighted by molar-refractivity contribution is 6.24. The number of anilines is 1. The second kappa shape index (κ2) is 20.2. The number of allylic oxidation sites excluding steroid dienone is 2. The molecule has 0 radical (unpaired) electrons. The fraction of sp³-hybridized carbons (Fsp3) is 0.479. The summed E-state index contributed by atoms with van der Waals surface area (Å²) >= 11 is 0. The number of hydrogen-bond donors (Lipinski definition) is 9. The van der Waals surface area contributed by atoms with Gasteiger partial charge >= 0.3 is 17.3 Å². The largest absolute Gasteiger partial charge is 0.507 e. The van der Waals surface area contributed by atoms with Gasteiger partial charge in [0.05, 0.1) is 65.9 Å². The zero-order valence-corrected chi connectivity index (χ0v) is 40.2. The highest BCUT2D eigenvalue weighted by atomic mass is 16.7. The van der Waals surface area contributed by atoms with E-state index in [4.69, 9.17) is 23.7 Å². The summed E-state index contributed by atoms with van der Waals surface area (Å²) in [6.07, 6.45) is 0.425. The van der Waals surface area contributed by atoms with E-state index in [0.29, 0.717) is 4.68 Å². The molecule has 1 amide bonds. The van der Waals surface area contributed by atoms with Gasteiger partial charge in [-0.3, -0.25) is 23.7 Å². The monoisotopic (exact) mass is 990 g/mol. The minimum atomic E-state index is -2.19. The van der Waals surface area contributed by atoms with E-state index in [1.54, 1.807) is 33.8 Å². The molecule has 1 fully saturated rings. The molecule has 0 saturated carbocycles. The third kappa shape index (κ3) is 9.25.